The highest BCUT2D eigenvalue weighted by atomic mass is 15.2. The molecule has 290 valence electrons. The van der Waals surface area contributed by atoms with E-state index in [1.54, 1.807) is 0 Å². The molecule has 3 aliphatic rings. The van der Waals surface area contributed by atoms with Gasteiger partial charge in [0, 0.05) is 55.5 Å². The second-order valence-corrected chi connectivity index (χ2v) is 16.5. The van der Waals surface area contributed by atoms with E-state index in [0.717, 1.165) is 73.4 Å². The van der Waals surface area contributed by atoms with Crippen LogP contribution in [-0.4, -0.2) is 13.7 Å². The molecule has 4 heterocycles. The molecule has 0 radical (unpaired) electrons. The highest BCUT2D eigenvalue weighted by Gasteiger charge is 2.44. The van der Waals surface area contributed by atoms with Crippen molar-refractivity contribution in [2.45, 2.75) is 24.8 Å². The third-order valence-electron chi connectivity index (χ3n) is 13.5. The maximum atomic E-state index is 11.2. The zero-order valence-corrected chi connectivity index (χ0v) is 33.6. The second-order valence-electron chi connectivity index (χ2n) is 16.5. The molecule has 2 unspecified atom stereocenters. The van der Waals surface area contributed by atoms with E-state index in [0.29, 0.717) is 22.5 Å². The van der Waals surface area contributed by atoms with Crippen molar-refractivity contribution in [2.75, 3.05) is 4.90 Å². The minimum atomic E-state index is 0.0220. The van der Waals surface area contributed by atoms with Crippen LogP contribution >= 0.6 is 0 Å². The fourth-order valence-corrected chi connectivity index (χ4v) is 11.0. The first-order valence-electron chi connectivity index (χ1n) is 21.3. The van der Waals surface area contributed by atoms with Crippen molar-refractivity contribution in [3.8, 4) is 29.2 Å². The van der Waals surface area contributed by atoms with Crippen molar-refractivity contribution in [3.05, 3.63) is 210 Å². The molecule has 62 heavy (non-hydrogen) atoms. The summed E-state index contributed by atoms with van der Waals surface area (Å²) in [5, 5.41) is 28.0. The molecule has 7 aromatic carbocycles. The quantitative estimate of drug-likeness (QED) is 0.178. The van der Waals surface area contributed by atoms with Gasteiger partial charge in [-0.15, -0.1) is 0 Å². The molecule has 1 aliphatic heterocycles. The van der Waals surface area contributed by atoms with Crippen LogP contribution in [0.1, 0.15) is 52.7 Å². The summed E-state index contributed by atoms with van der Waals surface area (Å²) in [4.78, 5) is 2.53. The maximum absolute atomic E-state index is 11.2. The lowest BCUT2D eigenvalue weighted by Gasteiger charge is -2.34. The monoisotopic (exact) mass is 792 g/mol. The summed E-state index contributed by atoms with van der Waals surface area (Å²) in [6.45, 7) is 0. The molecule has 0 N–H and O–H groups in total. The van der Waals surface area contributed by atoms with E-state index in [2.05, 4.69) is 195 Å². The standard InChI is InChI=1S/C56H36N6/c57-33-35-32-52(62-48-26-14-10-22-44(48)54-50(62)30-28-42-40-20-8-12-24-46(40)60(56(42)54)38-17-5-2-6-18-38)36(34-58)31-51(35)61-47-25-13-9-21-43(47)53-49(61)29-27-41-39-19-7-11-23-45(39)59(55(41)53)37-15-3-1-4-16-37/h1,3-5,7-32,42,56H,2,6H2. The van der Waals surface area contributed by atoms with Crippen LogP contribution in [-0.2, 0) is 0 Å². The van der Waals surface area contributed by atoms with Gasteiger partial charge in [-0.25, -0.2) is 0 Å². The lowest BCUT2D eigenvalue weighted by Crippen LogP contribution is -2.27. The van der Waals surface area contributed by atoms with Crippen molar-refractivity contribution in [1.29, 1.82) is 10.5 Å². The van der Waals surface area contributed by atoms with Gasteiger partial charge in [0.05, 0.1) is 61.8 Å². The lowest BCUT2D eigenvalue weighted by atomic mass is 9.84. The Hall–Kier alpha value is -8.32. The van der Waals surface area contributed by atoms with Gasteiger partial charge in [0.15, 0.2) is 0 Å². The summed E-state index contributed by atoms with van der Waals surface area (Å²) in [5.41, 5.74) is 14.7. The van der Waals surface area contributed by atoms with E-state index in [-0.39, 0.29) is 12.0 Å². The molecule has 6 nitrogen and oxygen atoms in total. The van der Waals surface area contributed by atoms with Gasteiger partial charge in [0.2, 0.25) is 0 Å². The Morgan fingerprint density at radius 2 is 1.16 bits per heavy atom. The molecule has 2 atom stereocenters. The number of hydrogen-bond donors (Lipinski definition) is 0. The van der Waals surface area contributed by atoms with Gasteiger partial charge in [-0.2, -0.15) is 10.5 Å². The molecule has 0 saturated carbocycles. The van der Waals surface area contributed by atoms with E-state index in [4.69, 9.17) is 0 Å². The summed E-state index contributed by atoms with van der Waals surface area (Å²) in [6, 6.07) is 58.3. The van der Waals surface area contributed by atoms with Crippen LogP contribution in [0, 0.1) is 22.7 Å². The van der Waals surface area contributed by atoms with E-state index in [9.17, 15) is 10.5 Å². The molecule has 6 heteroatoms. The Bertz CT molecular complexity index is 3740. The average molecular weight is 793 g/mol. The van der Waals surface area contributed by atoms with E-state index < -0.39 is 0 Å². The molecule has 2 aliphatic carbocycles. The van der Waals surface area contributed by atoms with Gasteiger partial charge in [0.25, 0.3) is 0 Å². The van der Waals surface area contributed by atoms with Gasteiger partial charge >= 0.3 is 0 Å². The zero-order valence-electron chi connectivity index (χ0n) is 33.6. The van der Waals surface area contributed by atoms with Gasteiger partial charge in [-0.1, -0.05) is 115 Å². The summed E-state index contributed by atoms with van der Waals surface area (Å²) < 4.78 is 6.77. The number of anilines is 1. The van der Waals surface area contributed by atoms with Gasteiger partial charge in [0.1, 0.15) is 12.1 Å². The first kappa shape index (κ1) is 34.5. The fraction of sp³-hybridized carbons (Fsp3) is 0.0714. The predicted octanol–water partition coefficient (Wildman–Crippen LogP) is 13.5. The SMILES string of the molecule is N#Cc1cc(-n2c3ccccc3c3c2ccc2c4ccccc4n(-c4ccccc4)c23)c(C#N)cc1-n1c2c(c3ccccc31)C1C(C=C2)c2ccccc2N1C1=CCCC=C1. The van der Waals surface area contributed by atoms with Crippen LogP contribution in [0.25, 0.3) is 77.7 Å². The van der Waals surface area contributed by atoms with Crippen molar-refractivity contribution < 1.29 is 0 Å². The average Bonchev–Trinajstić information content (AvgIpc) is 4.06. The maximum Gasteiger partial charge on any atom is 0.101 e. The number of allylic oxidation sites excluding steroid dienone is 3. The fourth-order valence-electron chi connectivity index (χ4n) is 11.0. The van der Waals surface area contributed by atoms with Crippen molar-refractivity contribution in [1.82, 2.24) is 13.7 Å². The number of hydrogen-bond acceptors (Lipinski definition) is 3. The molecule has 0 bridgehead atoms. The van der Waals surface area contributed by atoms with Gasteiger partial charge < -0.3 is 18.6 Å². The van der Waals surface area contributed by atoms with Crippen molar-refractivity contribution in [3.63, 3.8) is 0 Å². The normalized spacial score (nSPS) is 16.5. The Kier molecular flexibility index (Phi) is 7.29. The molecule has 10 aromatic rings. The third-order valence-corrected chi connectivity index (χ3v) is 13.5. The second kappa shape index (κ2) is 13.1. The van der Waals surface area contributed by atoms with Crippen LogP contribution in [0.2, 0.25) is 0 Å². The Labute approximate surface area is 357 Å². The first-order chi connectivity index (χ1) is 30.7. The van der Waals surface area contributed by atoms with Crippen LogP contribution in [0.3, 0.4) is 0 Å². The number of aromatic nitrogens is 3. The predicted molar refractivity (Wildman–Crippen MR) is 251 cm³/mol. The van der Waals surface area contributed by atoms with E-state index in [1.807, 2.05) is 18.2 Å². The number of para-hydroxylation sites is 5. The van der Waals surface area contributed by atoms with Gasteiger partial charge in [-0.3, -0.25) is 0 Å². The molecule has 0 amide bonds. The highest BCUT2D eigenvalue weighted by molar-refractivity contribution is 6.26. The zero-order chi connectivity index (χ0) is 41.1. The van der Waals surface area contributed by atoms with E-state index >= 15 is 0 Å². The third kappa shape index (κ3) is 4.61. The molecule has 13 rings (SSSR count). The Balaban J connectivity index is 1.06. The number of rotatable bonds is 4. The number of benzene rings is 7. The summed E-state index contributed by atoms with van der Waals surface area (Å²) in [7, 11) is 0. The van der Waals surface area contributed by atoms with E-state index in [1.165, 1.54) is 27.9 Å². The Morgan fingerprint density at radius 1 is 0.516 bits per heavy atom. The Morgan fingerprint density at radius 3 is 1.90 bits per heavy atom. The highest BCUT2D eigenvalue weighted by Crippen LogP contribution is 2.57. The summed E-state index contributed by atoms with van der Waals surface area (Å²) >= 11 is 0. The lowest BCUT2D eigenvalue weighted by molar-refractivity contribution is 0.653. The molecule has 0 saturated heterocycles. The van der Waals surface area contributed by atoms with Crippen LogP contribution in [0.4, 0.5) is 5.69 Å². The number of nitrogens with zero attached hydrogens (tertiary/aromatic N) is 6. The van der Waals surface area contributed by atoms with Crippen LogP contribution in [0.5, 0.6) is 0 Å². The molecule has 3 aromatic heterocycles. The molecule has 0 spiro atoms. The molecule has 0 fully saturated rings. The summed E-state index contributed by atoms with van der Waals surface area (Å²) in [6.07, 6.45) is 13.6. The molecular weight excluding hydrogens is 757 g/mol. The van der Waals surface area contributed by atoms with Crippen LogP contribution in [0.15, 0.2) is 182 Å². The topological polar surface area (TPSA) is 65.6 Å². The number of fused-ring (bicyclic) bond motifs is 14. The number of nitriles is 2. The molecular formula is C56H36N6. The van der Waals surface area contributed by atoms with Crippen molar-refractivity contribution >= 4 is 66.3 Å². The van der Waals surface area contributed by atoms with Crippen molar-refractivity contribution in [2.24, 2.45) is 0 Å². The first-order valence-corrected chi connectivity index (χ1v) is 21.3. The smallest absolute Gasteiger partial charge is 0.101 e. The largest absolute Gasteiger partial charge is 0.333 e. The van der Waals surface area contributed by atoms with Crippen LogP contribution < -0.4 is 4.90 Å². The van der Waals surface area contributed by atoms with Gasteiger partial charge in [-0.05, 0) is 85.2 Å². The minimum Gasteiger partial charge on any atom is -0.333 e. The minimum absolute atomic E-state index is 0.0220. The summed E-state index contributed by atoms with van der Waals surface area (Å²) in [5.74, 6) is 0.157.